The van der Waals surface area contributed by atoms with Crippen molar-refractivity contribution in [1.82, 2.24) is 9.88 Å². The van der Waals surface area contributed by atoms with Crippen LogP contribution in [0.1, 0.15) is 50.0 Å². The van der Waals surface area contributed by atoms with Crippen molar-refractivity contribution >= 4 is 22.7 Å². The first-order valence-electron chi connectivity index (χ1n) is 8.08. The van der Waals surface area contributed by atoms with E-state index >= 15 is 0 Å². The zero-order chi connectivity index (χ0) is 17.5. The summed E-state index contributed by atoms with van der Waals surface area (Å²) in [6.07, 6.45) is 0. The van der Waals surface area contributed by atoms with Gasteiger partial charge in [-0.2, -0.15) is 0 Å². The van der Waals surface area contributed by atoms with Crippen LogP contribution < -0.4 is 0 Å². The third-order valence-corrected chi connectivity index (χ3v) is 5.23. The second kappa shape index (κ2) is 6.06. The summed E-state index contributed by atoms with van der Waals surface area (Å²) in [7, 11) is 0. The molecule has 1 atom stereocenters. The molecule has 1 unspecified atom stereocenters. The number of aliphatic hydroxyl groups is 1. The van der Waals surface area contributed by atoms with Crippen molar-refractivity contribution in [3.05, 3.63) is 57.7 Å². The number of hydrogen-bond acceptors (Lipinski definition) is 4. The van der Waals surface area contributed by atoms with Crippen LogP contribution in [0, 0.1) is 5.41 Å². The molecule has 5 heteroatoms. The Morgan fingerprint density at radius 1 is 1.25 bits per heavy atom. The van der Waals surface area contributed by atoms with Gasteiger partial charge in [-0.3, -0.25) is 5.41 Å². The Morgan fingerprint density at radius 2 is 1.92 bits per heavy atom. The summed E-state index contributed by atoms with van der Waals surface area (Å²) in [5.74, 6) is 0.580. The molecule has 0 aliphatic carbocycles. The second-order valence-corrected chi connectivity index (χ2v) is 8.03. The quantitative estimate of drug-likeness (QED) is 0.846. The van der Waals surface area contributed by atoms with Gasteiger partial charge in [0.15, 0.2) is 0 Å². The van der Waals surface area contributed by atoms with Crippen LogP contribution in [-0.2, 0) is 5.41 Å². The van der Waals surface area contributed by atoms with Gasteiger partial charge in [0.25, 0.3) is 0 Å². The zero-order valence-corrected chi connectivity index (χ0v) is 15.3. The summed E-state index contributed by atoms with van der Waals surface area (Å²) in [5, 5.41) is 21.8. The number of nitrogens with zero attached hydrogens (tertiary/aromatic N) is 2. The summed E-state index contributed by atoms with van der Waals surface area (Å²) >= 11 is 1.49. The van der Waals surface area contributed by atoms with Crippen LogP contribution in [0.5, 0.6) is 0 Å². The van der Waals surface area contributed by atoms with E-state index in [1.807, 2.05) is 40.6 Å². The van der Waals surface area contributed by atoms with Gasteiger partial charge in [-0.05, 0) is 12.5 Å². The fraction of sp³-hybridized carbons (Fsp3) is 0.368. The number of rotatable bonds is 3. The molecule has 0 amide bonds. The number of hydrogen-bond donors (Lipinski definition) is 2. The highest BCUT2D eigenvalue weighted by molar-refractivity contribution is 7.11. The first-order valence-corrected chi connectivity index (χ1v) is 8.96. The van der Waals surface area contributed by atoms with E-state index in [2.05, 4.69) is 32.7 Å². The second-order valence-electron chi connectivity index (χ2n) is 7.17. The molecule has 1 aromatic heterocycles. The van der Waals surface area contributed by atoms with Gasteiger partial charge in [0.2, 0.25) is 0 Å². The Bertz CT molecular complexity index is 786. The Kier molecular flexibility index (Phi) is 4.22. The van der Waals surface area contributed by atoms with E-state index in [4.69, 9.17) is 5.41 Å². The van der Waals surface area contributed by atoms with Crippen LogP contribution in [-0.4, -0.2) is 27.4 Å². The molecule has 4 nitrogen and oxygen atoms in total. The van der Waals surface area contributed by atoms with Crippen molar-refractivity contribution in [3.8, 4) is 0 Å². The zero-order valence-electron chi connectivity index (χ0n) is 14.5. The number of nitrogens with one attached hydrogen (secondary N) is 1. The average Bonchev–Trinajstić information content (AvgIpc) is 3.12. The minimum Gasteiger partial charge on any atom is -0.510 e. The van der Waals surface area contributed by atoms with E-state index in [1.165, 1.54) is 11.3 Å². The van der Waals surface area contributed by atoms with Crippen LogP contribution in [0.25, 0.3) is 5.57 Å². The predicted octanol–water partition coefficient (Wildman–Crippen LogP) is 4.76. The molecule has 126 valence electrons. The molecule has 0 saturated heterocycles. The van der Waals surface area contributed by atoms with Crippen molar-refractivity contribution < 1.29 is 5.11 Å². The van der Waals surface area contributed by atoms with E-state index in [0.717, 1.165) is 16.3 Å². The SMILES string of the molecule is CC(c1ccccc1)N1CC(O)=C(c2nc(C(C)(C)C)cs2)C1=N. The van der Waals surface area contributed by atoms with Gasteiger partial charge in [-0.1, -0.05) is 51.1 Å². The van der Waals surface area contributed by atoms with Crippen molar-refractivity contribution in [3.63, 3.8) is 0 Å². The fourth-order valence-electron chi connectivity index (χ4n) is 2.80. The molecule has 0 bridgehead atoms. The third kappa shape index (κ3) is 2.96. The Labute approximate surface area is 147 Å². The lowest BCUT2D eigenvalue weighted by atomic mass is 9.93. The van der Waals surface area contributed by atoms with Crippen LogP contribution >= 0.6 is 11.3 Å². The summed E-state index contributed by atoms with van der Waals surface area (Å²) < 4.78 is 0. The van der Waals surface area contributed by atoms with E-state index in [0.29, 0.717) is 18.0 Å². The number of aromatic nitrogens is 1. The number of aliphatic hydroxyl groups excluding tert-OH is 1. The van der Waals surface area contributed by atoms with Gasteiger partial charge in [0.1, 0.15) is 16.6 Å². The molecule has 0 spiro atoms. The molecule has 2 aromatic rings. The summed E-state index contributed by atoms with van der Waals surface area (Å²) in [6, 6.07) is 10.1. The van der Waals surface area contributed by atoms with Crippen LogP contribution in [0.3, 0.4) is 0 Å². The highest BCUT2D eigenvalue weighted by Gasteiger charge is 2.34. The number of amidine groups is 1. The highest BCUT2D eigenvalue weighted by Crippen LogP contribution is 2.35. The molecule has 0 fully saturated rings. The lowest BCUT2D eigenvalue weighted by Gasteiger charge is -2.26. The molecule has 1 aromatic carbocycles. The number of benzene rings is 1. The molecule has 0 saturated carbocycles. The molecule has 3 rings (SSSR count). The smallest absolute Gasteiger partial charge is 0.135 e. The topological polar surface area (TPSA) is 60.2 Å². The maximum atomic E-state index is 10.5. The molecule has 24 heavy (non-hydrogen) atoms. The molecule has 2 heterocycles. The van der Waals surface area contributed by atoms with Gasteiger partial charge in [0.05, 0.1) is 23.9 Å². The van der Waals surface area contributed by atoms with Crippen molar-refractivity contribution in [1.29, 1.82) is 5.41 Å². The van der Waals surface area contributed by atoms with Gasteiger partial charge >= 0.3 is 0 Å². The van der Waals surface area contributed by atoms with Gasteiger partial charge in [0, 0.05) is 10.8 Å². The maximum Gasteiger partial charge on any atom is 0.135 e. The summed E-state index contributed by atoms with van der Waals surface area (Å²) in [4.78, 5) is 6.58. The van der Waals surface area contributed by atoms with Gasteiger partial charge in [-0.25, -0.2) is 4.98 Å². The molecule has 0 radical (unpaired) electrons. The Hall–Kier alpha value is -2.14. The molecular formula is C19H23N3OS. The fourth-order valence-corrected chi connectivity index (χ4v) is 3.91. The number of thiazole rings is 1. The lowest BCUT2D eigenvalue weighted by Crippen LogP contribution is -2.29. The summed E-state index contributed by atoms with van der Waals surface area (Å²) in [6.45, 7) is 8.76. The van der Waals surface area contributed by atoms with E-state index < -0.39 is 0 Å². The van der Waals surface area contributed by atoms with Crippen LogP contribution in [0.2, 0.25) is 0 Å². The van der Waals surface area contributed by atoms with Crippen molar-refractivity contribution in [2.75, 3.05) is 6.54 Å². The first-order chi connectivity index (χ1) is 11.3. The molecular weight excluding hydrogens is 318 g/mol. The Morgan fingerprint density at radius 3 is 2.50 bits per heavy atom. The van der Waals surface area contributed by atoms with Crippen molar-refractivity contribution in [2.45, 2.75) is 39.2 Å². The minimum absolute atomic E-state index is 0.0281. The highest BCUT2D eigenvalue weighted by atomic mass is 32.1. The molecule has 1 aliphatic rings. The van der Waals surface area contributed by atoms with Crippen LogP contribution in [0.15, 0.2) is 41.5 Å². The third-order valence-electron chi connectivity index (χ3n) is 4.37. The maximum absolute atomic E-state index is 10.5. The largest absolute Gasteiger partial charge is 0.510 e. The average molecular weight is 341 g/mol. The normalized spacial score (nSPS) is 16.8. The predicted molar refractivity (Wildman–Crippen MR) is 99.7 cm³/mol. The molecule has 2 N–H and O–H groups in total. The summed E-state index contributed by atoms with van der Waals surface area (Å²) in [5.41, 5.74) is 2.65. The van der Waals surface area contributed by atoms with Gasteiger partial charge in [-0.15, -0.1) is 11.3 Å². The van der Waals surface area contributed by atoms with E-state index in [1.54, 1.807) is 0 Å². The van der Waals surface area contributed by atoms with Gasteiger partial charge < -0.3 is 10.0 Å². The monoisotopic (exact) mass is 341 g/mol. The first kappa shape index (κ1) is 16.7. The van der Waals surface area contributed by atoms with E-state index in [9.17, 15) is 5.11 Å². The standard InChI is InChI=1S/C19H23N3OS/c1-12(13-8-6-5-7-9-13)22-10-14(23)16(17(22)20)18-21-15(11-24-18)19(2,3)4/h5-9,11-12,20,23H,10H2,1-4H3. The van der Waals surface area contributed by atoms with E-state index in [-0.39, 0.29) is 17.2 Å². The van der Waals surface area contributed by atoms with Crippen LogP contribution in [0.4, 0.5) is 0 Å². The Balaban J connectivity index is 1.87. The molecule has 1 aliphatic heterocycles. The lowest BCUT2D eigenvalue weighted by molar-refractivity contribution is 0.310. The minimum atomic E-state index is -0.0389. The van der Waals surface area contributed by atoms with Crippen molar-refractivity contribution in [2.24, 2.45) is 0 Å².